The number of ether oxygens (including phenoxy) is 2. The first-order valence-electron chi connectivity index (χ1n) is 6.05. The van der Waals surface area contributed by atoms with Crippen LogP contribution in [-0.2, 0) is 23.9 Å². The number of nitrogens with one attached hydrogen (secondary N) is 1. The van der Waals surface area contributed by atoms with Gasteiger partial charge >= 0.3 is 11.9 Å². The highest BCUT2D eigenvalue weighted by molar-refractivity contribution is 6.36. The van der Waals surface area contributed by atoms with Crippen molar-refractivity contribution in [1.29, 1.82) is 0 Å². The summed E-state index contributed by atoms with van der Waals surface area (Å²) >= 11 is 11.5. The fraction of sp³-hybridized carbons (Fsp3) is 0.231. The molecule has 1 heterocycles. The van der Waals surface area contributed by atoms with Gasteiger partial charge in [0, 0.05) is 18.3 Å². The molecule has 1 N–H and O–H groups in total. The molecule has 1 aromatic rings. The second kappa shape index (κ2) is 9.01. The first-order chi connectivity index (χ1) is 10.4. The molecule has 9 heteroatoms. The maximum atomic E-state index is 11.6. The molecule has 7 nitrogen and oxygen atoms in total. The number of carbonyl (C=O) groups is 3. The molecule has 22 heavy (non-hydrogen) atoms. The van der Waals surface area contributed by atoms with Crippen molar-refractivity contribution in [1.82, 2.24) is 4.98 Å². The molecule has 0 aliphatic carbocycles. The van der Waals surface area contributed by atoms with Gasteiger partial charge in [0.15, 0.2) is 12.4 Å². The summed E-state index contributed by atoms with van der Waals surface area (Å²) in [6, 6.07) is 1.40. The smallest absolute Gasteiger partial charge is 0.331 e. The number of hydrogen-bond donors (Lipinski definition) is 1. The lowest BCUT2D eigenvalue weighted by atomic mass is 10.4. The van der Waals surface area contributed by atoms with Crippen molar-refractivity contribution in [2.45, 2.75) is 6.92 Å². The number of esters is 2. The number of halogens is 2. The van der Waals surface area contributed by atoms with Crippen LogP contribution in [0.5, 0.6) is 0 Å². The van der Waals surface area contributed by atoms with Gasteiger partial charge < -0.3 is 14.8 Å². The van der Waals surface area contributed by atoms with E-state index >= 15 is 0 Å². The molecule has 0 aliphatic heterocycles. The highest BCUT2D eigenvalue weighted by Crippen LogP contribution is 2.22. The van der Waals surface area contributed by atoms with E-state index in [1.165, 1.54) is 12.3 Å². The summed E-state index contributed by atoms with van der Waals surface area (Å²) in [6.07, 6.45) is 3.07. The monoisotopic (exact) mass is 346 g/mol. The van der Waals surface area contributed by atoms with Crippen LogP contribution in [0.15, 0.2) is 24.4 Å². The van der Waals surface area contributed by atoms with Crippen LogP contribution < -0.4 is 5.32 Å². The molecule has 0 saturated heterocycles. The number of rotatable bonds is 6. The number of carbonyl (C=O) groups excluding carboxylic acids is 3. The van der Waals surface area contributed by atoms with E-state index in [4.69, 9.17) is 23.2 Å². The second-order valence-electron chi connectivity index (χ2n) is 3.73. The average Bonchev–Trinajstić information content (AvgIpc) is 2.46. The maximum Gasteiger partial charge on any atom is 0.331 e. The van der Waals surface area contributed by atoms with E-state index < -0.39 is 24.5 Å². The summed E-state index contributed by atoms with van der Waals surface area (Å²) < 4.78 is 9.20. The predicted molar refractivity (Wildman–Crippen MR) is 79.6 cm³/mol. The molecular formula is C13H12Cl2N2O5. The summed E-state index contributed by atoms with van der Waals surface area (Å²) in [4.78, 5) is 37.6. The average molecular weight is 347 g/mol. The maximum absolute atomic E-state index is 11.6. The molecule has 1 rings (SSSR count). The number of amides is 1. The zero-order valence-corrected chi connectivity index (χ0v) is 13.0. The Morgan fingerprint density at radius 1 is 1.23 bits per heavy atom. The molecule has 0 fully saturated rings. The molecule has 0 radical (unpaired) electrons. The van der Waals surface area contributed by atoms with Crippen molar-refractivity contribution in [3.8, 4) is 0 Å². The molecule has 0 aromatic carbocycles. The Labute approximate surface area is 136 Å². The van der Waals surface area contributed by atoms with Gasteiger partial charge in [-0.2, -0.15) is 0 Å². The summed E-state index contributed by atoms with van der Waals surface area (Å²) in [5, 5.41) is 2.81. The topological polar surface area (TPSA) is 94.6 Å². The van der Waals surface area contributed by atoms with Crippen molar-refractivity contribution in [3.63, 3.8) is 0 Å². The van der Waals surface area contributed by atoms with Gasteiger partial charge in [0.2, 0.25) is 0 Å². The van der Waals surface area contributed by atoms with Gasteiger partial charge in [0.25, 0.3) is 5.91 Å². The minimum absolute atomic E-state index is 0.0918. The highest BCUT2D eigenvalue weighted by Gasteiger charge is 2.10. The van der Waals surface area contributed by atoms with Crippen molar-refractivity contribution < 1.29 is 23.9 Å². The fourth-order valence-electron chi connectivity index (χ4n) is 1.19. The van der Waals surface area contributed by atoms with Crippen LogP contribution in [0.3, 0.4) is 0 Å². The summed E-state index contributed by atoms with van der Waals surface area (Å²) in [5.74, 6) is -2.09. The molecular weight excluding hydrogens is 335 g/mol. The Hall–Kier alpha value is -2.12. The SMILES string of the molecule is CCOC(=O)C=CC(=O)OCC(=O)Nc1ncc(Cl)cc1Cl. The molecule has 0 saturated carbocycles. The third-order valence-corrected chi connectivity index (χ3v) is 2.55. The van der Waals surface area contributed by atoms with Crippen LogP contribution in [0.1, 0.15) is 6.92 Å². The molecule has 0 spiro atoms. The van der Waals surface area contributed by atoms with Crippen LogP contribution in [0, 0.1) is 0 Å². The van der Waals surface area contributed by atoms with E-state index in [1.807, 2.05) is 0 Å². The Balaban J connectivity index is 2.42. The van der Waals surface area contributed by atoms with Crippen LogP contribution in [0.2, 0.25) is 10.0 Å². The Morgan fingerprint density at radius 3 is 2.45 bits per heavy atom. The van der Waals surface area contributed by atoms with Gasteiger partial charge in [0.05, 0.1) is 16.7 Å². The Kier molecular flexibility index (Phi) is 7.34. The standard InChI is InChI=1S/C13H12Cl2N2O5/c1-2-21-11(19)3-4-12(20)22-7-10(18)17-13-9(15)5-8(14)6-16-13/h3-6H,2,7H2,1H3,(H,16,17,18). The van der Waals surface area contributed by atoms with Gasteiger partial charge in [0.1, 0.15) is 0 Å². The van der Waals surface area contributed by atoms with Crippen molar-refractivity contribution in [3.05, 3.63) is 34.5 Å². The third kappa shape index (κ3) is 6.55. The Bertz CT molecular complexity index is 604. The van der Waals surface area contributed by atoms with Crippen molar-refractivity contribution >= 4 is 46.9 Å². The highest BCUT2D eigenvalue weighted by atomic mass is 35.5. The van der Waals surface area contributed by atoms with Crippen LogP contribution in [-0.4, -0.2) is 36.0 Å². The fourth-order valence-corrected chi connectivity index (χ4v) is 1.61. The van der Waals surface area contributed by atoms with E-state index in [0.717, 1.165) is 12.2 Å². The molecule has 1 amide bonds. The molecule has 118 valence electrons. The van der Waals surface area contributed by atoms with E-state index in [2.05, 4.69) is 19.8 Å². The lowest BCUT2D eigenvalue weighted by molar-refractivity contribution is -0.143. The quantitative estimate of drug-likeness (QED) is 0.625. The summed E-state index contributed by atoms with van der Waals surface area (Å²) in [7, 11) is 0. The minimum Gasteiger partial charge on any atom is -0.463 e. The molecule has 0 atom stereocenters. The second-order valence-corrected chi connectivity index (χ2v) is 4.57. The number of nitrogens with zero attached hydrogens (tertiary/aromatic N) is 1. The number of pyridine rings is 1. The van der Waals surface area contributed by atoms with Gasteiger partial charge in [-0.25, -0.2) is 14.6 Å². The predicted octanol–water partition coefficient (Wildman–Crippen LogP) is 1.99. The molecule has 1 aromatic heterocycles. The summed E-state index contributed by atoms with van der Waals surface area (Å²) in [5.41, 5.74) is 0. The van der Waals surface area contributed by atoms with Gasteiger partial charge in [-0.3, -0.25) is 4.79 Å². The van der Waals surface area contributed by atoms with Crippen molar-refractivity contribution in [2.75, 3.05) is 18.5 Å². The van der Waals surface area contributed by atoms with E-state index in [1.54, 1.807) is 6.92 Å². The summed E-state index contributed by atoms with van der Waals surface area (Å²) in [6.45, 7) is 1.26. The first kappa shape index (κ1) is 17.9. The molecule has 0 bridgehead atoms. The Morgan fingerprint density at radius 2 is 1.86 bits per heavy atom. The lowest BCUT2D eigenvalue weighted by Gasteiger charge is -2.06. The van der Waals surface area contributed by atoms with E-state index in [9.17, 15) is 14.4 Å². The lowest BCUT2D eigenvalue weighted by Crippen LogP contribution is -2.21. The normalized spacial score (nSPS) is 10.3. The molecule has 0 aliphatic rings. The van der Waals surface area contributed by atoms with Gasteiger partial charge in [-0.1, -0.05) is 23.2 Å². The third-order valence-electron chi connectivity index (χ3n) is 2.05. The van der Waals surface area contributed by atoms with Crippen LogP contribution >= 0.6 is 23.2 Å². The van der Waals surface area contributed by atoms with Gasteiger partial charge in [-0.15, -0.1) is 0 Å². The number of aromatic nitrogens is 1. The first-order valence-corrected chi connectivity index (χ1v) is 6.80. The number of anilines is 1. The largest absolute Gasteiger partial charge is 0.463 e. The molecule has 0 unspecified atom stereocenters. The van der Waals surface area contributed by atoms with Crippen LogP contribution in [0.25, 0.3) is 0 Å². The van der Waals surface area contributed by atoms with Crippen LogP contribution in [0.4, 0.5) is 5.82 Å². The zero-order chi connectivity index (χ0) is 16.5. The van der Waals surface area contributed by atoms with E-state index in [0.29, 0.717) is 5.02 Å². The minimum atomic E-state index is -0.863. The van der Waals surface area contributed by atoms with E-state index in [-0.39, 0.29) is 17.4 Å². The zero-order valence-electron chi connectivity index (χ0n) is 11.5. The number of hydrogen-bond acceptors (Lipinski definition) is 6. The van der Waals surface area contributed by atoms with Gasteiger partial charge in [-0.05, 0) is 13.0 Å². The van der Waals surface area contributed by atoms with Crippen molar-refractivity contribution in [2.24, 2.45) is 0 Å².